The summed E-state index contributed by atoms with van der Waals surface area (Å²) in [5, 5.41) is 4.98. The van der Waals surface area contributed by atoms with Gasteiger partial charge < -0.3 is 0 Å². The molecule has 0 spiro atoms. The molecule has 0 heterocycles. The number of alkyl halides is 1. The van der Waals surface area contributed by atoms with Crippen LogP contribution in [-0.2, 0) is 0 Å². The summed E-state index contributed by atoms with van der Waals surface area (Å²) >= 11 is 1.73. The second kappa shape index (κ2) is 4.10. The Hall–Kier alpha value is -0.0700. The van der Waals surface area contributed by atoms with Gasteiger partial charge >= 0.3 is 0 Å². The van der Waals surface area contributed by atoms with Gasteiger partial charge in [-0.25, -0.2) is 0 Å². The van der Waals surface area contributed by atoms with Gasteiger partial charge in [0.15, 0.2) is 4.05 Å². The van der Waals surface area contributed by atoms with E-state index in [2.05, 4.69) is 10.4 Å². The van der Waals surface area contributed by atoms with Gasteiger partial charge in [0.1, 0.15) is 6.54 Å². The summed E-state index contributed by atoms with van der Waals surface area (Å²) < 4.78 is -0.491. The zero-order chi connectivity index (χ0) is 5.70. The number of halogens is 1. The maximum absolute atomic E-state index is 9.44. The monoisotopic (exact) mass is 214 g/mol. The topological polar surface area (TPSA) is 58.9 Å². The maximum atomic E-state index is 9.44. The molecule has 0 fully saturated rings. The first-order valence-electron chi connectivity index (χ1n) is 1.57. The number of rotatable bonds is 3. The Morgan fingerprint density at radius 2 is 2.14 bits per heavy atom. The second-order valence-corrected chi connectivity index (χ2v) is 2.29. The highest BCUT2D eigenvalue weighted by Gasteiger charge is 1.98. The van der Waals surface area contributed by atoms with Crippen LogP contribution in [0.4, 0.5) is 0 Å². The van der Waals surface area contributed by atoms with Crippen molar-refractivity contribution in [1.82, 2.24) is 0 Å². The molecule has 0 saturated carbocycles. The molecule has 0 radical (unpaired) electrons. The zero-order valence-corrected chi connectivity index (χ0v) is 5.53. The highest BCUT2D eigenvalue weighted by atomic mass is 127. The van der Waals surface area contributed by atoms with Crippen LogP contribution in [0.2, 0.25) is 0 Å². The van der Waals surface area contributed by atoms with Crippen LogP contribution in [-0.4, -0.2) is 10.6 Å². The fraction of sp³-hybridized carbons (Fsp3) is 1.00. The summed E-state index contributed by atoms with van der Waals surface area (Å²) in [6.07, 6.45) is 0. The molecule has 0 aliphatic rings. The lowest BCUT2D eigenvalue weighted by Crippen LogP contribution is -1.93. The highest BCUT2D eigenvalue weighted by molar-refractivity contribution is 14.1. The van der Waals surface area contributed by atoms with Crippen LogP contribution in [0.5, 0.6) is 0 Å². The van der Waals surface area contributed by atoms with Gasteiger partial charge in [-0.3, -0.25) is 0 Å². The molecule has 1 unspecified atom stereocenters. The minimum Gasteiger partial charge on any atom is -0.151 e. The lowest BCUT2D eigenvalue weighted by Gasteiger charge is -1.84. The number of nitrogens with zero attached hydrogens (tertiary/aromatic N) is 2. The average molecular weight is 214 g/mol. The van der Waals surface area contributed by atoms with E-state index >= 15 is 0 Å². The number of hydrogen-bond acceptors (Lipinski definition) is 4. The minimum atomic E-state index is -0.491. The van der Waals surface area contributed by atoms with E-state index in [0.29, 0.717) is 0 Å². The molecule has 0 aromatic rings. The number of hydrogen-bond donors (Lipinski definition) is 0. The fourth-order valence-corrected chi connectivity index (χ4v) is 0.256. The molecule has 0 aromatic heterocycles. The van der Waals surface area contributed by atoms with E-state index in [1.807, 2.05) is 0 Å². The maximum Gasteiger partial charge on any atom is 0.166 e. The molecule has 7 heavy (non-hydrogen) atoms. The summed E-state index contributed by atoms with van der Waals surface area (Å²) in [7, 11) is 0. The molecule has 0 bridgehead atoms. The van der Waals surface area contributed by atoms with E-state index < -0.39 is 4.05 Å². The van der Waals surface area contributed by atoms with Crippen LogP contribution < -0.4 is 0 Å². The van der Waals surface area contributed by atoms with E-state index in [0.717, 1.165) is 0 Å². The minimum absolute atomic E-state index is 0.0238. The summed E-state index contributed by atoms with van der Waals surface area (Å²) in [6.45, 7) is -0.0238. The highest BCUT2D eigenvalue weighted by Crippen LogP contribution is 1.99. The smallest absolute Gasteiger partial charge is 0.151 e. The van der Waals surface area contributed by atoms with Crippen molar-refractivity contribution in [2.45, 2.75) is 4.05 Å². The van der Waals surface area contributed by atoms with Gasteiger partial charge in [-0.15, -0.1) is 4.91 Å². The van der Waals surface area contributed by atoms with Crippen LogP contribution in [0, 0.1) is 9.81 Å². The van der Waals surface area contributed by atoms with Crippen molar-refractivity contribution < 1.29 is 0 Å². The van der Waals surface area contributed by atoms with Crippen LogP contribution in [0.25, 0.3) is 0 Å². The van der Waals surface area contributed by atoms with Gasteiger partial charge in [-0.2, -0.15) is 4.91 Å². The predicted octanol–water partition coefficient (Wildman–Crippen LogP) is 1.28. The summed E-state index contributed by atoms with van der Waals surface area (Å²) in [5.41, 5.74) is 0. The van der Waals surface area contributed by atoms with Gasteiger partial charge in [0.05, 0.1) is 0 Å². The molecule has 0 N–H and O–H groups in total. The Kier molecular flexibility index (Phi) is 4.06. The van der Waals surface area contributed by atoms with Crippen molar-refractivity contribution >= 4 is 22.6 Å². The van der Waals surface area contributed by atoms with Crippen molar-refractivity contribution in [2.24, 2.45) is 10.4 Å². The van der Waals surface area contributed by atoms with E-state index in [4.69, 9.17) is 0 Å². The van der Waals surface area contributed by atoms with Crippen LogP contribution in [0.15, 0.2) is 10.4 Å². The molecule has 5 heteroatoms. The van der Waals surface area contributed by atoms with Crippen molar-refractivity contribution in [3.8, 4) is 0 Å². The molecule has 0 rings (SSSR count). The molecular weight excluding hydrogens is 211 g/mol. The first-order chi connectivity index (χ1) is 3.31. The standard InChI is InChI=1S/C2H3IN2O2/c3-2(5-7)1-4-6/h2H,1H2. The normalized spacial score (nSPS) is 12.7. The summed E-state index contributed by atoms with van der Waals surface area (Å²) in [4.78, 5) is 18.8. The van der Waals surface area contributed by atoms with Crippen molar-refractivity contribution in [1.29, 1.82) is 0 Å². The van der Waals surface area contributed by atoms with E-state index in [1.165, 1.54) is 0 Å². The van der Waals surface area contributed by atoms with E-state index in [1.54, 1.807) is 22.6 Å². The molecule has 0 saturated heterocycles. The first kappa shape index (κ1) is 6.93. The van der Waals surface area contributed by atoms with E-state index in [9.17, 15) is 9.81 Å². The molecule has 0 aliphatic heterocycles. The Morgan fingerprint density at radius 3 is 2.29 bits per heavy atom. The largest absolute Gasteiger partial charge is 0.166 e. The zero-order valence-electron chi connectivity index (χ0n) is 3.37. The van der Waals surface area contributed by atoms with Crippen molar-refractivity contribution in [3.63, 3.8) is 0 Å². The molecule has 0 aromatic carbocycles. The third-order valence-electron chi connectivity index (χ3n) is 0.340. The van der Waals surface area contributed by atoms with Crippen molar-refractivity contribution in [3.05, 3.63) is 9.81 Å². The Balaban J connectivity index is 3.15. The Labute approximate surface area is 53.8 Å². The van der Waals surface area contributed by atoms with Gasteiger partial charge in [-0.05, 0) is 0 Å². The van der Waals surface area contributed by atoms with Crippen LogP contribution in [0.1, 0.15) is 0 Å². The molecule has 4 nitrogen and oxygen atoms in total. The van der Waals surface area contributed by atoms with Gasteiger partial charge in [-0.1, -0.05) is 32.9 Å². The van der Waals surface area contributed by atoms with Gasteiger partial charge in [0.2, 0.25) is 0 Å². The third-order valence-corrected chi connectivity index (χ3v) is 0.961. The predicted molar refractivity (Wildman–Crippen MR) is 34.3 cm³/mol. The summed E-state index contributed by atoms with van der Waals surface area (Å²) in [5.74, 6) is 0. The molecule has 0 aliphatic carbocycles. The quantitative estimate of drug-likeness (QED) is 0.307. The SMILES string of the molecule is O=NCC(I)N=O. The molecule has 0 amide bonds. The molecular formula is C2H3IN2O2. The van der Waals surface area contributed by atoms with E-state index in [-0.39, 0.29) is 6.54 Å². The lowest BCUT2D eigenvalue weighted by atomic mass is 10.7. The molecule has 40 valence electrons. The van der Waals surface area contributed by atoms with Gasteiger partial charge in [0.25, 0.3) is 0 Å². The Morgan fingerprint density at radius 1 is 1.57 bits per heavy atom. The first-order valence-corrected chi connectivity index (χ1v) is 2.81. The number of nitroso groups, excluding NO2 is 2. The van der Waals surface area contributed by atoms with Crippen LogP contribution in [0.3, 0.4) is 0 Å². The van der Waals surface area contributed by atoms with Crippen LogP contribution >= 0.6 is 22.6 Å². The average Bonchev–Trinajstić information content (AvgIpc) is 1.68. The summed E-state index contributed by atoms with van der Waals surface area (Å²) in [6, 6.07) is 0. The Bertz CT molecular complexity index is 76.1. The lowest BCUT2D eigenvalue weighted by molar-refractivity contribution is 0.930. The van der Waals surface area contributed by atoms with Gasteiger partial charge in [0, 0.05) is 0 Å². The fourth-order valence-electron chi connectivity index (χ4n) is 0.0948. The van der Waals surface area contributed by atoms with Crippen molar-refractivity contribution in [2.75, 3.05) is 6.54 Å². The second-order valence-electron chi connectivity index (χ2n) is 0.852. The molecule has 1 atom stereocenters. The third kappa shape index (κ3) is 3.77.